The molecule has 28 heavy (non-hydrogen) atoms. The summed E-state index contributed by atoms with van der Waals surface area (Å²) in [6, 6.07) is 12.8. The monoisotopic (exact) mass is 397 g/mol. The van der Waals surface area contributed by atoms with E-state index in [1.807, 2.05) is 6.07 Å². The fourth-order valence-corrected chi connectivity index (χ4v) is 4.05. The van der Waals surface area contributed by atoms with Crippen LogP contribution in [0.5, 0.6) is 0 Å². The number of nitrogens with one attached hydrogen (secondary N) is 1. The summed E-state index contributed by atoms with van der Waals surface area (Å²) in [5, 5.41) is 11.3. The third-order valence-corrected chi connectivity index (χ3v) is 5.60. The number of nitrogens with zero attached hydrogens (tertiary/aromatic N) is 2. The molecule has 0 radical (unpaired) electrons. The molecular weight excluding hydrogens is 374 g/mol. The molecule has 1 aromatic carbocycles. The van der Waals surface area contributed by atoms with Crippen LogP contribution in [0.4, 0.5) is 5.69 Å². The lowest BCUT2D eigenvalue weighted by molar-refractivity contribution is -0.119. The Labute approximate surface area is 168 Å². The maximum absolute atomic E-state index is 12.2. The van der Waals surface area contributed by atoms with Gasteiger partial charge in [-0.05, 0) is 55.8 Å². The molecule has 0 atom stereocenters. The van der Waals surface area contributed by atoms with E-state index in [2.05, 4.69) is 16.3 Å². The molecule has 1 N–H and O–H groups in total. The zero-order chi connectivity index (χ0) is 19.8. The molecule has 2 aromatic rings. The number of rotatable bonds is 7. The average molecular weight is 398 g/mol. The highest BCUT2D eigenvalue weighted by Gasteiger charge is 2.16. The molecule has 7 heteroatoms. The van der Waals surface area contributed by atoms with Crippen LogP contribution in [0.2, 0.25) is 0 Å². The van der Waals surface area contributed by atoms with Crippen LogP contribution in [-0.2, 0) is 22.5 Å². The van der Waals surface area contributed by atoms with Crippen molar-refractivity contribution in [1.29, 1.82) is 5.26 Å². The fraction of sp³-hybridized carbons (Fsp3) is 0.381. The standard InChI is InChI=1S/C21H23N3O3S/c22-11-10-16-4-6-17(7-5-16)23-20(25)15-27-21(26)19-9-8-18(28-19)14-24-12-2-1-3-13-24/h4-9H,1-3,10,12-15H2,(H,23,25). The van der Waals surface area contributed by atoms with E-state index in [4.69, 9.17) is 10.00 Å². The second kappa shape index (κ2) is 10.0. The van der Waals surface area contributed by atoms with E-state index in [1.165, 1.54) is 30.6 Å². The number of likely N-dealkylation sites (tertiary alicyclic amines) is 1. The molecule has 0 spiro atoms. The SMILES string of the molecule is N#CCc1ccc(NC(=O)COC(=O)c2ccc(CN3CCCCC3)s2)cc1. The summed E-state index contributed by atoms with van der Waals surface area (Å²) in [5.74, 6) is -0.874. The minimum Gasteiger partial charge on any atom is -0.451 e. The second-order valence-corrected chi connectivity index (χ2v) is 7.93. The normalized spacial score (nSPS) is 14.2. The summed E-state index contributed by atoms with van der Waals surface area (Å²) in [4.78, 5) is 28.2. The van der Waals surface area contributed by atoms with Gasteiger partial charge in [0.15, 0.2) is 6.61 Å². The largest absolute Gasteiger partial charge is 0.451 e. The van der Waals surface area contributed by atoms with Crippen LogP contribution in [0, 0.1) is 11.3 Å². The molecule has 1 amide bonds. The fourth-order valence-electron chi connectivity index (χ4n) is 3.11. The summed E-state index contributed by atoms with van der Waals surface area (Å²) in [6.07, 6.45) is 4.09. The van der Waals surface area contributed by atoms with Gasteiger partial charge in [0, 0.05) is 17.1 Å². The van der Waals surface area contributed by atoms with Crippen LogP contribution in [-0.4, -0.2) is 36.5 Å². The molecule has 1 fully saturated rings. The van der Waals surface area contributed by atoms with Gasteiger partial charge in [0.25, 0.3) is 5.91 Å². The molecular formula is C21H23N3O3S. The number of anilines is 1. The van der Waals surface area contributed by atoms with Gasteiger partial charge in [0.1, 0.15) is 4.88 Å². The van der Waals surface area contributed by atoms with Crippen molar-refractivity contribution >= 4 is 28.9 Å². The highest BCUT2D eigenvalue weighted by molar-refractivity contribution is 7.13. The number of esters is 1. The number of carbonyl (C=O) groups excluding carboxylic acids is 2. The first kappa shape index (κ1) is 20.1. The van der Waals surface area contributed by atoms with Crippen LogP contribution in [0.3, 0.4) is 0 Å². The highest BCUT2D eigenvalue weighted by Crippen LogP contribution is 2.21. The predicted molar refractivity (Wildman–Crippen MR) is 108 cm³/mol. The van der Waals surface area contributed by atoms with Crippen molar-refractivity contribution in [3.63, 3.8) is 0 Å². The van der Waals surface area contributed by atoms with Crippen molar-refractivity contribution in [3.8, 4) is 6.07 Å². The molecule has 146 valence electrons. The zero-order valence-corrected chi connectivity index (χ0v) is 16.5. The van der Waals surface area contributed by atoms with Crippen LogP contribution >= 0.6 is 11.3 Å². The third-order valence-electron chi connectivity index (χ3n) is 4.55. The summed E-state index contributed by atoms with van der Waals surface area (Å²) in [6.45, 7) is 2.74. The number of hydrogen-bond acceptors (Lipinski definition) is 6. The quantitative estimate of drug-likeness (QED) is 0.722. The van der Waals surface area contributed by atoms with Gasteiger partial charge in [0.05, 0.1) is 12.5 Å². The second-order valence-electron chi connectivity index (χ2n) is 6.76. The smallest absolute Gasteiger partial charge is 0.348 e. The number of piperidine rings is 1. The van der Waals surface area contributed by atoms with Gasteiger partial charge in [-0.3, -0.25) is 9.69 Å². The maximum atomic E-state index is 12.2. The minimum absolute atomic E-state index is 0.326. The molecule has 0 aliphatic carbocycles. The zero-order valence-electron chi connectivity index (χ0n) is 15.6. The lowest BCUT2D eigenvalue weighted by atomic mass is 10.1. The van der Waals surface area contributed by atoms with E-state index in [-0.39, 0.29) is 6.61 Å². The topological polar surface area (TPSA) is 82.4 Å². The van der Waals surface area contributed by atoms with Crippen molar-refractivity contribution in [3.05, 3.63) is 51.7 Å². The number of nitriles is 1. The number of ether oxygens (including phenoxy) is 1. The molecule has 3 rings (SSSR count). The van der Waals surface area contributed by atoms with E-state index in [0.717, 1.165) is 30.1 Å². The number of hydrogen-bond donors (Lipinski definition) is 1. The first-order chi connectivity index (χ1) is 13.6. The number of benzene rings is 1. The van der Waals surface area contributed by atoms with E-state index in [1.54, 1.807) is 30.3 Å². The maximum Gasteiger partial charge on any atom is 0.348 e. The minimum atomic E-state index is -0.477. The highest BCUT2D eigenvalue weighted by atomic mass is 32.1. The Hall–Kier alpha value is -2.69. The van der Waals surface area contributed by atoms with Crippen molar-refractivity contribution in [1.82, 2.24) is 4.90 Å². The lowest BCUT2D eigenvalue weighted by Crippen LogP contribution is -2.28. The molecule has 0 saturated carbocycles. The van der Waals surface area contributed by atoms with Gasteiger partial charge in [0.2, 0.25) is 0 Å². The summed E-state index contributed by atoms with van der Waals surface area (Å²) in [5.41, 5.74) is 1.48. The molecule has 1 saturated heterocycles. The molecule has 1 aliphatic heterocycles. The lowest BCUT2D eigenvalue weighted by Gasteiger charge is -2.25. The van der Waals surface area contributed by atoms with Crippen LogP contribution in [0.1, 0.15) is 39.4 Å². The van der Waals surface area contributed by atoms with E-state index < -0.39 is 11.9 Å². The molecule has 0 bridgehead atoms. The van der Waals surface area contributed by atoms with E-state index >= 15 is 0 Å². The Bertz CT molecular complexity index is 849. The molecule has 6 nitrogen and oxygen atoms in total. The number of amides is 1. The van der Waals surface area contributed by atoms with Crippen LogP contribution in [0.15, 0.2) is 36.4 Å². The first-order valence-corrected chi connectivity index (χ1v) is 10.2. The average Bonchev–Trinajstić information content (AvgIpc) is 3.17. The Morgan fingerprint density at radius 3 is 2.57 bits per heavy atom. The Morgan fingerprint density at radius 1 is 1.11 bits per heavy atom. The van der Waals surface area contributed by atoms with E-state index in [0.29, 0.717) is 17.0 Å². The summed E-state index contributed by atoms with van der Waals surface area (Å²) >= 11 is 1.42. The molecule has 0 unspecified atom stereocenters. The third kappa shape index (κ3) is 5.91. The molecule has 1 aromatic heterocycles. The Balaban J connectivity index is 1.44. The van der Waals surface area contributed by atoms with Crippen molar-refractivity contribution in [2.24, 2.45) is 0 Å². The summed E-state index contributed by atoms with van der Waals surface area (Å²) < 4.78 is 5.13. The van der Waals surface area contributed by atoms with Crippen molar-refractivity contribution in [2.75, 3.05) is 25.0 Å². The van der Waals surface area contributed by atoms with Gasteiger partial charge in [-0.25, -0.2) is 4.79 Å². The predicted octanol–water partition coefficient (Wildman–Crippen LogP) is 3.60. The van der Waals surface area contributed by atoms with Gasteiger partial charge < -0.3 is 10.1 Å². The van der Waals surface area contributed by atoms with Crippen molar-refractivity contribution in [2.45, 2.75) is 32.2 Å². The number of carbonyl (C=O) groups is 2. The van der Waals surface area contributed by atoms with Gasteiger partial charge >= 0.3 is 5.97 Å². The van der Waals surface area contributed by atoms with E-state index in [9.17, 15) is 9.59 Å². The molecule has 2 heterocycles. The van der Waals surface area contributed by atoms with Crippen molar-refractivity contribution < 1.29 is 14.3 Å². The Morgan fingerprint density at radius 2 is 1.86 bits per heavy atom. The van der Waals surface area contributed by atoms with Crippen LogP contribution in [0.25, 0.3) is 0 Å². The van der Waals surface area contributed by atoms with Gasteiger partial charge in [-0.2, -0.15) is 5.26 Å². The molecule has 1 aliphatic rings. The Kier molecular flexibility index (Phi) is 7.18. The first-order valence-electron chi connectivity index (χ1n) is 9.38. The van der Waals surface area contributed by atoms with Gasteiger partial charge in [-0.15, -0.1) is 11.3 Å². The summed E-state index contributed by atoms with van der Waals surface area (Å²) in [7, 11) is 0. The van der Waals surface area contributed by atoms with Crippen LogP contribution < -0.4 is 5.32 Å². The number of thiophene rings is 1. The van der Waals surface area contributed by atoms with Gasteiger partial charge in [-0.1, -0.05) is 18.6 Å².